The van der Waals surface area contributed by atoms with Crippen LogP contribution >= 0.6 is 11.8 Å². The number of nitro groups is 1. The molecule has 0 aliphatic heterocycles. The molecule has 0 bridgehead atoms. The van der Waals surface area contributed by atoms with Crippen molar-refractivity contribution in [3.8, 4) is 5.69 Å². The van der Waals surface area contributed by atoms with Gasteiger partial charge in [-0.05, 0) is 43.2 Å². The fourth-order valence-electron chi connectivity index (χ4n) is 3.90. The van der Waals surface area contributed by atoms with E-state index in [4.69, 9.17) is 0 Å². The maximum absolute atomic E-state index is 13.5. The molecule has 3 aromatic carbocycles. The SMILES string of the molecule is Cc1ccc(C)c(-n2c(=O)c3ccccc3n3c(SCc4ccccc4[N+](=O)[O-])nnc23)c1. The van der Waals surface area contributed by atoms with E-state index in [0.717, 1.165) is 16.8 Å². The Morgan fingerprint density at radius 2 is 1.76 bits per heavy atom. The van der Waals surface area contributed by atoms with E-state index in [0.29, 0.717) is 33.2 Å². The largest absolute Gasteiger partial charge is 0.273 e. The van der Waals surface area contributed by atoms with E-state index in [9.17, 15) is 14.9 Å². The first-order chi connectivity index (χ1) is 16.0. The number of hydrogen-bond acceptors (Lipinski definition) is 6. The third-order valence-electron chi connectivity index (χ3n) is 5.55. The normalized spacial score (nSPS) is 11.3. The van der Waals surface area contributed by atoms with E-state index < -0.39 is 0 Å². The molecule has 8 nitrogen and oxygen atoms in total. The fourth-order valence-corrected chi connectivity index (χ4v) is 4.84. The Morgan fingerprint density at radius 1 is 1.00 bits per heavy atom. The lowest BCUT2D eigenvalue weighted by Gasteiger charge is -2.14. The molecular formula is C24H19N5O3S. The summed E-state index contributed by atoms with van der Waals surface area (Å²) < 4.78 is 3.44. The van der Waals surface area contributed by atoms with Gasteiger partial charge in [0.25, 0.3) is 11.2 Å². The Morgan fingerprint density at radius 3 is 2.58 bits per heavy atom. The van der Waals surface area contributed by atoms with E-state index >= 15 is 0 Å². The quantitative estimate of drug-likeness (QED) is 0.213. The lowest BCUT2D eigenvalue weighted by atomic mass is 10.1. The minimum atomic E-state index is -0.384. The maximum atomic E-state index is 13.5. The molecule has 0 N–H and O–H groups in total. The van der Waals surface area contributed by atoms with Crippen molar-refractivity contribution in [2.45, 2.75) is 24.8 Å². The summed E-state index contributed by atoms with van der Waals surface area (Å²) in [5.41, 5.74) is 3.89. The number of nitro benzene ring substituents is 1. The Labute approximate surface area is 192 Å². The average molecular weight is 458 g/mol. The van der Waals surface area contributed by atoms with Gasteiger partial charge in [0.2, 0.25) is 5.78 Å². The zero-order valence-corrected chi connectivity index (χ0v) is 18.7. The van der Waals surface area contributed by atoms with Crippen LogP contribution in [0.15, 0.2) is 76.7 Å². The molecule has 9 heteroatoms. The Balaban J connectivity index is 1.72. The van der Waals surface area contributed by atoms with Gasteiger partial charge in [0.05, 0.1) is 21.5 Å². The number of benzene rings is 3. The molecule has 0 aliphatic rings. The van der Waals surface area contributed by atoms with Crippen LogP contribution in [-0.2, 0) is 5.75 Å². The Bertz CT molecular complexity index is 1610. The molecule has 164 valence electrons. The average Bonchev–Trinajstić information content (AvgIpc) is 3.24. The number of fused-ring (bicyclic) bond motifs is 3. The zero-order chi connectivity index (χ0) is 23.1. The molecule has 33 heavy (non-hydrogen) atoms. The summed E-state index contributed by atoms with van der Waals surface area (Å²) in [7, 11) is 0. The van der Waals surface area contributed by atoms with Crippen LogP contribution in [0.3, 0.4) is 0 Å². The minimum absolute atomic E-state index is 0.0657. The van der Waals surface area contributed by atoms with Gasteiger partial charge in [0, 0.05) is 17.4 Å². The molecule has 2 aromatic heterocycles. The lowest BCUT2D eigenvalue weighted by molar-refractivity contribution is -0.385. The summed E-state index contributed by atoms with van der Waals surface area (Å²) >= 11 is 1.34. The molecule has 0 saturated heterocycles. The molecule has 0 fully saturated rings. The van der Waals surface area contributed by atoms with Crippen molar-refractivity contribution in [1.29, 1.82) is 0 Å². The second kappa shape index (κ2) is 8.18. The molecule has 0 radical (unpaired) electrons. The molecule has 2 heterocycles. The Hall–Kier alpha value is -3.98. The predicted octanol–water partition coefficient (Wildman–Crippen LogP) is 4.85. The molecular weight excluding hydrogens is 438 g/mol. The van der Waals surface area contributed by atoms with E-state index in [1.165, 1.54) is 17.8 Å². The van der Waals surface area contributed by atoms with Gasteiger partial charge in [-0.1, -0.05) is 54.2 Å². The highest BCUT2D eigenvalue weighted by Gasteiger charge is 2.20. The first kappa shape index (κ1) is 20.9. The lowest BCUT2D eigenvalue weighted by Crippen LogP contribution is -2.22. The number of aryl methyl sites for hydroxylation is 2. The number of aromatic nitrogens is 4. The van der Waals surface area contributed by atoms with Crippen molar-refractivity contribution >= 4 is 34.1 Å². The molecule has 0 spiro atoms. The van der Waals surface area contributed by atoms with Crippen LogP contribution in [0.5, 0.6) is 0 Å². The van der Waals surface area contributed by atoms with Crippen LogP contribution in [0, 0.1) is 24.0 Å². The zero-order valence-electron chi connectivity index (χ0n) is 17.9. The van der Waals surface area contributed by atoms with Crippen LogP contribution in [0.25, 0.3) is 22.4 Å². The molecule has 5 aromatic rings. The van der Waals surface area contributed by atoms with E-state index in [-0.39, 0.29) is 16.2 Å². The predicted molar refractivity (Wildman–Crippen MR) is 128 cm³/mol. The van der Waals surface area contributed by atoms with Gasteiger partial charge in [0.15, 0.2) is 5.16 Å². The monoisotopic (exact) mass is 457 g/mol. The van der Waals surface area contributed by atoms with Gasteiger partial charge in [-0.3, -0.25) is 19.3 Å². The molecule has 0 atom stereocenters. The smallest absolute Gasteiger partial charge is 0.268 e. The molecule has 0 aliphatic carbocycles. The summed E-state index contributed by atoms with van der Waals surface area (Å²) in [6, 6.07) is 19.9. The highest BCUT2D eigenvalue weighted by atomic mass is 32.2. The number of hydrogen-bond donors (Lipinski definition) is 0. The third kappa shape index (κ3) is 3.56. The van der Waals surface area contributed by atoms with Crippen molar-refractivity contribution in [2.75, 3.05) is 0 Å². The number of thioether (sulfide) groups is 1. The molecule has 0 unspecified atom stereocenters. The Kier molecular flexibility index (Phi) is 5.18. The number of nitrogens with zero attached hydrogens (tertiary/aromatic N) is 5. The van der Waals surface area contributed by atoms with Crippen LogP contribution in [0.1, 0.15) is 16.7 Å². The van der Waals surface area contributed by atoms with Crippen LogP contribution in [0.4, 0.5) is 5.69 Å². The van der Waals surface area contributed by atoms with E-state index in [1.807, 2.05) is 54.6 Å². The van der Waals surface area contributed by atoms with Gasteiger partial charge >= 0.3 is 0 Å². The van der Waals surface area contributed by atoms with E-state index in [1.54, 1.807) is 28.8 Å². The third-order valence-corrected chi connectivity index (χ3v) is 6.52. The van der Waals surface area contributed by atoms with Gasteiger partial charge in [-0.2, -0.15) is 0 Å². The number of para-hydroxylation sites is 2. The van der Waals surface area contributed by atoms with Crippen molar-refractivity contribution in [3.05, 3.63) is 104 Å². The minimum Gasteiger partial charge on any atom is -0.268 e. The van der Waals surface area contributed by atoms with Crippen LogP contribution in [0.2, 0.25) is 0 Å². The summed E-state index contributed by atoms with van der Waals surface area (Å²) in [5.74, 6) is 0.743. The van der Waals surface area contributed by atoms with Crippen molar-refractivity contribution in [3.63, 3.8) is 0 Å². The van der Waals surface area contributed by atoms with Gasteiger partial charge in [-0.25, -0.2) is 4.57 Å². The van der Waals surface area contributed by atoms with Crippen molar-refractivity contribution in [1.82, 2.24) is 19.2 Å². The van der Waals surface area contributed by atoms with Crippen molar-refractivity contribution < 1.29 is 4.92 Å². The summed E-state index contributed by atoms with van der Waals surface area (Å²) in [6.07, 6.45) is 0. The molecule has 0 amide bonds. The van der Waals surface area contributed by atoms with E-state index in [2.05, 4.69) is 10.2 Å². The first-order valence-electron chi connectivity index (χ1n) is 10.3. The molecule has 0 saturated carbocycles. The van der Waals surface area contributed by atoms with Gasteiger partial charge < -0.3 is 0 Å². The standard InChI is InChI=1S/C24H19N5O3S/c1-15-11-12-16(2)21(13-15)27-22(30)18-8-4-6-10-20(18)28-23(27)25-26-24(28)33-14-17-7-3-5-9-19(17)29(31)32/h3-13H,14H2,1-2H3. The summed E-state index contributed by atoms with van der Waals surface area (Å²) in [5, 5.41) is 21.2. The second-order valence-electron chi connectivity index (χ2n) is 7.74. The molecule has 5 rings (SSSR count). The highest BCUT2D eigenvalue weighted by molar-refractivity contribution is 7.98. The first-order valence-corrected chi connectivity index (χ1v) is 11.3. The van der Waals surface area contributed by atoms with Gasteiger partial charge in [0.1, 0.15) is 0 Å². The maximum Gasteiger partial charge on any atom is 0.273 e. The second-order valence-corrected chi connectivity index (χ2v) is 8.68. The van der Waals surface area contributed by atoms with Crippen molar-refractivity contribution in [2.24, 2.45) is 0 Å². The highest BCUT2D eigenvalue weighted by Crippen LogP contribution is 2.29. The topological polar surface area (TPSA) is 95.3 Å². The van der Waals surface area contributed by atoms with Crippen LogP contribution in [-0.4, -0.2) is 24.1 Å². The fraction of sp³-hybridized carbons (Fsp3) is 0.125. The van der Waals surface area contributed by atoms with Gasteiger partial charge in [-0.15, -0.1) is 10.2 Å². The summed E-state index contributed by atoms with van der Waals surface area (Å²) in [4.78, 5) is 24.5. The van der Waals surface area contributed by atoms with Crippen LogP contribution < -0.4 is 5.56 Å². The number of rotatable bonds is 5. The summed E-state index contributed by atoms with van der Waals surface area (Å²) in [6.45, 7) is 3.93.